The fraction of sp³-hybridized carbons (Fsp3) is 0.929. The lowest BCUT2D eigenvalue weighted by molar-refractivity contribution is -0.128. The Balaban J connectivity index is 1.92. The van der Waals surface area contributed by atoms with Gasteiger partial charge in [-0.25, -0.2) is 0 Å². The lowest BCUT2D eigenvalue weighted by atomic mass is 9.81. The molecule has 1 saturated carbocycles. The van der Waals surface area contributed by atoms with Crippen molar-refractivity contribution in [1.29, 1.82) is 0 Å². The van der Waals surface area contributed by atoms with Crippen molar-refractivity contribution < 1.29 is 4.79 Å². The van der Waals surface area contributed by atoms with Crippen molar-refractivity contribution in [2.45, 2.75) is 52.5 Å². The highest BCUT2D eigenvalue weighted by Crippen LogP contribution is 2.42. The van der Waals surface area contributed by atoms with E-state index in [0.717, 1.165) is 25.9 Å². The van der Waals surface area contributed by atoms with Crippen LogP contribution in [0.3, 0.4) is 0 Å². The Morgan fingerprint density at radius 3 is 2.71 bits per heavy atom. The summed E-state index contributed by atoms with van der Waals surface area (Å²) in [5.74, 6) is 1.08. The maximum atomic E-state index is 12.3. The third-order valence-corrected chi connectivity index (χ3v) is 4.69. The van der Waals surface area contributed by atoms with Gasteiger partial charge in [-0.1, -0.05) is 27.2 Å². The zero-order chi connectivity index (χ0) is 12.5. The van der Waals surface area contributed by atoms with E-state index < -0.39 is 0 Å². The van der Waals surface area contributed by atoms with Crippen LogP contribution in [0.2, 0.25) is 0 Å². The summed E-state index contributed by atoms with van der Waals surface area (Å²) >= 11 is 0. The van der Waals surface area contributed by atoms with Crippen LogP contribution in [0.4, 0.5) is 0 Å². The first-order valence-electron chi connectivity index (χ1n) is 7.02. The fourth-order valence-electron chi connectivity index (χ4n) is 3.32. The monoisotopic (exact) mass is 238 g/mol. The Morgan fingerprint density at radius 2 is 2.12 bits per heavy atom. The minimum absolute atomic E-state index is 0.195. The van der Waals surface area contributed by atoms with Crippen LogP contribution in [0, 0.1) is 17.3 Å². The maximum absolute atomic E-state index is 12.3. The third-order valence-electron chi connectivity index (χ3n) is 4.69. The van der Waals surface area contributed by atoms with Gasteiger partial charge in [-0.2, -0.15) is 0 Å². The van der Waals surface area contributed by atoms with Gasteiger partial charge in [0.1, 0.15) is 0 Å². The Bertz CT molecular complexity index is 288. The van der Waals surface area contributed by atoms with Gasteiger partial charge < -0.3 is 10.6 Å². The molecule has 1 saturated heterocycles. The number of amides is 1. The molecule has 2 N–H and O–H groups in total. The first-order valence-corrected chi connectivity index (χ1v) is 7.02. The molecule has 2 fully saturated rings. The van der Waals surface area contributed by atoms with Crippen LogP contribution in [-0.4, -0.2) is 25.0 Å². The largest absolute Gasteiger partial charge is 0.353 e. The number of rotatable bonds is 2. The van der Waals surface area contributed by atoms with Crippen LogP contribution >= 0.6 is 0 Å². The second-order valence-corrected chi connectivity index (χ2v) is 6.52. The summed E-state index contributed by atoms with van der Waals surface area (Å²) in [4.78, 5) is 12.3. The molecule has 0 radical (unpaired) electrons. The number of nitrogens with one attached hydrogen (secondary N) is 2. The van der Waals surface area contributed by atoms with Gasteiger partial charge in [0, 0.05) is 12.0 Å². The number of hydrogen-bond acceptors (Lipinski definition) is 2. The molecule has 0 aromatic carbocycles. The molecule has 1 aliphatic heterocycles. The molecule has 0 spiro atoms. The summed E-state index contributed by atoms with van der Waals surface area (Å²) in [6, 6.07) is 0.375. The molecule has 1 amide bonds. The smallest absolute Gasteiger partial charge is 0.223 e. The molecule has 2 aliphatic rings. The second-order valence-electron chi connectivity index (χ2n) is 6.52. The Kier molecular flexibility index (Phi) is 3.76. The summed E-state index contributed by atoms with van der Waals surface area (Å²) in [7, 11) is 0. The topological polar surface area (TPSA) is 41.1 Å². The van der Waals surface area contributed by atoms with Crippen LogP contribution in [0.15, 0.2) is 0 Å². The van der Waals surface area contributed by atoms with Crippen LogP contribution in [-0.2, 0) is 4.79 Å². The number of carbonyl (C=O) groups excluding carboxylic acids is 1. The predicted molar refractivity (Wildman–Crippen MR) is 69.7 cm³/mol. The summed E-state index contributed by atoms with van der Waals surface area (Å²) in [6.45, 7) is 8.74. The van der Waals surface area contributed by atoms with E-state index in [1.807, 2.05) is 0 Å². The van der Waals surface area contributed by atoms with Crippen molar-refractivity contribution in [2.24, 2.45) is 17.3 Å². The van der Waals surface area contributed by atoms with Gasteiger partial charge in [0.25, 0.3) is 0 Å². The van der Waals surface area contributed by atoms with Crippen molar-refractivity contribution in [3.05, 3.63) is 0 Å². The third kappa shape index (κ3) is 2.82. The maximum Gasteiger partial charge on any atom is 0.223 e. The van der Waals surface area contributed by atoms with Crippen molar-refractivity contribution in [3.63, 3.8) is 0 Å². The predicted octanol–water partition coefficient (Wildman–Crippen LogP) is 1.93. The molecule has 1 heterocycles. The Hall–Kier alpha value is -0.570. The highest BCUT2D eigenvalue weighted by atomic mass is 16.2. The molecule has 0 aromatic heterocycles. The van der Waals surface area contributed by atoms with E-state index in [0.29, 0.717) is 17.9 Å². The van der Waals surface area contributed by atoms with Gasteiger partial charge in [-0.05, 0) is 43.7 Å². The number of piperidine rings is 1. The summed E-state index contributed by atoms with van der Waals surface area (Å²) in [5, 5.41) is 6.66. The standard InChI is InChI=1S/C14H26N2O/c1-10-9-15-8-6-12(10)16-13(17)11-5-4-7-14(11,2)3/h10-12,15H,4-9H2,1-3H3,(H,16,17). The molecule has 3 nitrogen and oxygen atoms in total. The van der Waals surface area contributed by atoms with Gasteiger partial charge in [0.05, 0.1) is 0 Å². The van der Waals surface area contributed by atoms with Gasteiger partial charge in [-0.3, -0.25) is 4.79 Å². The summed E-state index contributed by atoms with van der Waals surface area (Å²) < 4.78 is 0. The average molecular weight is 238 g/mol. The van der Waals surface area contributed by atoms with Gasteiger partial charge in [0.15, 0.2) is 0 Å². The number of carbonyl (C=O) groups is 1. The second kappa shape index (κ2) is 4.97. The molecular formula is C14H26N2O. The first-order chi connectivity index (χ1) is 8.00. The van der Waals surface area contributed by atoms with Crippen LogP contribution in [0.25, 0.3) is 0 Å². The first kappa shape index (κ1) is 12.9. The molecule has 98 valence electrons. The molecule has 0 bridgehead atoms. The lowest BCUT2D eigenvalue weighted by Crippen LogP contribution is -2.50. The SMILES string of the molecule is CC1CNCCC1NC(=O)C1CCCC1(C)C. The lowest BCUT2D eigenvalue weighted by Gasteiger charge is -2.33. The Labute approximate surface area is 105 Å². The minimum Gasteiger partial charge on any atom is -0.353 e. The summed E-state index contributed by atoms with van der Waals surface area (Å²) in [5.41, 5.74) is 0.195. The highest BCUT2D eigenvalue weighted by molar-refractivity contribution is 5.80. The summed E-state index contributed by atoms with van der Waals surface area (Å²) in [6.07, 6.45) is 4.53. The molecule has 17 heavy (non-hydrogen) atoms. The van der Waals surface area contributed by atoms with E-state index in [1.165, 1.54) is 12.8 Å². The molecular weight excluding hydrogens is 212 g/mol. The van der Waals surface area contributed by atoms with E-state index in [1.54, 1.807) is 0 Å². The normalized spacial score (nSPS) is 36.8. The van der Waals surface area contributed by atoms with Crippen LogP contribution in [0.1, 0.15) is 46.5 Å². The highest BCUT2D eigenvalue weighted by Gasteiger charge is 2.40. The molecule has 1 aliphatic carbocycles. The van der Waals surface area contributed by atoms with Crippen LogP contribution in [0.5, 0.6) is 0 Å². The molecule has 3 atom stereocenters. The van der Waals surface area contributed by atoms with Gasteiger partial charge in [-0.15, -0.1) is 0 Å². The number of hydrogen-bond donors (Lipinski definition) is 2. The van der Waals surface area contributed by atoms with E-state index in [2.05, 4.69) is 31.4 Å². The minimum atomic E-state index is 0.195. The molecule has 3 unspecified atom stereocenters. The van der Waals surface area contributed by atoms with Crippen molar-refractivity contribution >= 4 is 5.91 Å². The van der Waals surface area contributed by atoms with E-state index in [-0.39, 0.29) is 11.3 Å². The molecule has 2 rings (SSSR count). The van der Waals surface area contributed by atoms with Gasteiger partial charge >= 0.3 is 0 Å². The van der Waals surface area contributed by atoms with E-state index in [9.17, 15) is 4.79 Å². The zero-order valence-corrected chi connectivity index (χ0v) is 11.4. The van der Waals surface area contributed by atoms with Crippen molar-refractivity contribution in [1.82, 2.24) is 10.6 Å². The average Bonchev–Trinajstić information content (AvgIpc) is 2.61. The van der Waals surface area contributed by atoms with Crippen LogP contribution < -0.4 is 10.6 Å². The van der Waals surface area contributed by atoms with E-state index >= 15 is 0 Å². The quantitative estimate of drug-likeness (QED) is 0.772. The molecule has 0 aromatic rings. The van der Waals surface area contributed by atoms with Crippen molar-refractivity contribution in [3.8, 4) is 0 Å². The fourth-order valence-corrected chi connectivity index (χ4v) is 3.32. The molecule has 3 heteroatoms. The van der Waals surface area contributed by atoms with Gasteiger partial charge in [0.2, 0.25) is 5.91 Å². The Morgan fingerprint density at radius 1 is 1.35 bits per heavy atom. The van der Waals surface area contributed by atoms with Crippen molar-refractivity contribution in [2.75, 3.05) is 13.1 Å². The zero-order valence-electron chi connectivity index (χ0n) is 11.4. The van der Waals surface area contributed by atoms with E-state index in [4.69, 9.17) is 0 Å².